The van der Waals surface area contributed by atoms with Gasteiger partial charge >= 0.3 is 6.03 Å². The van der Waals surface area contributed by atoms with Crippen LogP contribution in [-0.4, -0.2) is 19.7 Å². The van der Waals surface area contributed by atoms with Gasteiger partial charge in [-0.15, -0.1) is 0 Å². The molecule has 4 nitrogen and oxygen atoms in total. The second-order valence-corrected chi connectivity index (χ2v) is 4.92. The monoisotopic (exact) mass is 314 g/mol. The van der Waals surface area contributed by atoms with Gasteiger partial charge in [0.05, 0.1) is 0 Å². The first kappa shape index (κ1) is 15.7. The van der Waals surface area contributed by atoms with Crippen LogP contribution in [0.1, 0.15) is 5.56 Å². The highest BCUT2D eigenvalue weighted by molar-refractivity contribution is 6.30. The molecule has 0 aliphatic carbocycles. The summed E-state index contributed by atoms with van der Waals surface area (Å²) in [5.74, 6) is 6.58. The van der Waals surface area contributed by atoms with Gasteiger partial charge in [-0.1, -0.05) is 23.4 Å². The Bertz CT molecular complexity index is 700. The smallest absolute Gasteiger partial charge is 0.318 e. The molecule has 0 unspecified atom stereocenters. The number of urea groups is 1. The van der Waals surface area contributed by atoms with Crippen molar-refractivity contribution in [2.24, 2.45) is 5.73 Å². The number of hydrogen-bond donors (Lipinski definition) is 1. The number of carbonyl (C=O) groups is 1. The van der Waals surface area contributed by atoms with E-state index in [0.717, 1.165) is 5.56 Å². The molecule has 5 heteroatoms. The Hall–Kier alpha value is -2.64. The molecule has 2 aromatic rings. The molecular formula is C17H15ClN2O2. The summed E-state index contributed by atoms with van der Waals surface area (Å²) < 4.78 is 5.51. The van der Waals surface area contributed by atoms with Gasteiger partial charge in [0.1, 0.15) is 12.4 Å². The lowest BCUT2D eigenvalue weighted by Gasteiger charge is -2.14. The van der Waals surface area contributed by atoms with Crippen LogP contribution in [0.5, 0.6) is 5.75 Å². The number of ether oxygens (including phenoxy) is 1. The predicted octanol–water partition coefficient (Wildman–Crippen LogP) is 3.29. The largest absolute Gasteiger partial charge is 0.481 e. The third-order valence-corrected chi connectivity index (χ3v) is 3.19. The van der Waals surface area contributed by atoms with Gasteiger partial charge in [0.15, 0.2) is 0 Å². The fraction of sp³-hybridized carbons (Fsp3) is 0.118. The second kappa shape index (κ2) is 7.39. The molecule has 2 aromatic carbocycles. The zero-order chi connectivity index (χ0) is 15.9. The topological polar surface area (TPSA) is 55.6 Å². The number of nitrogens with two attached hydrogens (primary N) is 1. The summed E-state index contributed by atoms with van der Waals surface area (Å²) in [4.78, 5) is 12.4. The highest BCUT2D eigenvalue weighted by atomic mass is 35.5. The number of anilines is 1. The van der Waals surface area contributed by atoms with Crippen molar-refractivity contribution in [3.63, 3.8) is 0 Å². The van der Waals surface area contributed by atoms with E-state index < -0.39 is 6.03 Å². The van der Waals surface area contributed by atoms with E-state index in [1.807, 2.05) is 12.1 Å². The maximum atomic E-state index is 11.0. The molecule has 22 heavy (non-hydrogen) atoms. The maximum Gasteiger partial charge on any atom is 0.318 e. The van der Waals surface area contributed by atoms with Crippen LogP contribution >= 0.6 is 11.6 Å². The Morgan fingerprint density at radius 1 is 1.18 bits per heavy atom. The van der Waals surface area contributed by atoms with Crippen LogP contribution in [-0.2, 0) is 0 Å². The average molecular weight is 315 g/mol. The molecule has 2 amide bonds. The number of nitrogens with zero attached hydrogens (tertiary/aromatic N) is 1. The molecule has 2 N–H and O–H groups in total. The predicted molar refractivity (Wildman–Crippen MR) is 88.3 cm³/mol. The Morgan fingerprint density at radius 3 is 2.41 bits per heavy atom. The van der Waals surface area contributed by atoms with Crippen molar-refractivity contribution < 1.29 is 9.53 Å². The molecule has 0 fully saturated rings. The first-order chi connectivity index (χ1) is 10.6. The lowest BCUT2D eigenvalue weighted by molar-refractivity contribution is 0.255. The highest BCUT2D eigenvalue weighted by Crippen LogP contribution is 2.18. The van der Waals surface area contributed by atoms with Crippen LogP contribution in [0, 0.1) is 11.8 Å². The molecule has 0 saturated carbocycles. The van der Waals surface area contributed by atoms with Gasteiger partial charge in [-0.05, 0) is 48.5 Å². The number of amides is 2. The molecule has 0 bridgehead atoms. The summed E-state index contributed by atoms with van der Waals surface area (Å²) in [5, 5.41) is 0.683. The van der Waals surface area contributed by atoms with Crippen LogP contribution in [0.2, 0.25) is 5.02 Å². The molecule has 0 radical (unpaired) electrons. The molecule has 0 aliphatic heterocycles. The minimum absolute atomic E-state index is 0.271. The van der Waals surface area contributed by atoms with E-state index in [9.17, 15) is 4.79 Å². The van der Waals surface area contributed by atoms with Crippen LogP contribution in [0.3, 0.4) is 0 Å². The molecule has 0 aliphatic rings. The summed E-state index contributed by atoms with van der Waals surface area (Å²) in [6.45, 7) is 0.271. The van der Waals surface area contributed by atoms with Crippen LogP contribution in [0.4, 0.5) is 10.5 Å². The number of halogens is 1. The van der Waals surface area contributed by atoms with E-state index in [1.165, 1.54) is 4.90 Å². The normalized spacial score (nSPS) is 9.55. The maximum absolute atomic E-state index is 11.0. The quantitative estimate of drug-likeness (QED) is 0.884. The minimum Gasteiger partial charge on any atom is -0.481 e. The number of carbonyl (C=O) groups excluding carboxylic acids is 1. The van der Waals surface area contributed by atoms with Gasteiger partial charge in [0.25, 0.3) is 0 Å². The van der Waals surface area contributed by atoms with E-state index in [0.29, 0.717) is 16.5 Å². The number of hydrogen-bond acceptors (Lipinski definition) is 2. The third kappa shape index (κ3) is 4.44. The van der Waals surface area contributed by atoms with Crippen molar-refractivity contribution in [2.75, 3.05) is 18.6 Å². The van der Waals surface area contributed by atoms with Crippen LogP contribution in [0.15, 0.2) is 48.5 Å². The second-order valence-electron chi connectivity index (χ2n) is 4.49. The molecule has 0 atom stereocenters. The van der Waals surface area contributed by atoms with Crippen molar-refractivity contribution in [3.8, 4) is 17.6 Å². The molecule has 2 rings (SSSR count). The Kier molecular flexibility index (Phi) is 5.29. The standard InChI is InChI=1S/C17H15ClN2O2/c1-20(17(19)21)15-8-10-16(11-9-15)22-12-2-3-13-4-6-14(18)7-5-13/h4-11H,12H2,1H3,(H2,19,21). The third-order valence-electron chi connectivity index (χ3n) is 2.94. The molecule has 0 heterocycles. The summed E-state index contributed by atoms with van der Waals surface area (Å²) in [5.41, 5.74) is 6.78. The van der Waals surface area contributed by atoms with Crippen molar-refractivity contribution >= 4 is 23.3 Å². The molecule has 112 valence electrons. The Morgan fingerprint density at radius 2 is 1.82 bits per heavy atom. The van der Waals surface area contributed by atoms with Gasteiger partial charge in [-0.3, -0.25) is 4.90 Å². The zero-order valence-electron chi connectivity index (χ0n) is 12.0. The first-order valence-corrected chi connectivity index (χ1v) is 6.94. The number of benzene rings is 2. The molecule has 0 spiro atoms. The first-order valence-electron chi connectivity index (χ1n) is 6.57. The lowest BCUT2D eigenvalue weighted by Crippen LogP contribution is -2.31. The summed E-state index contributed by atoms with van der Waals surface area (Å²) in [6, 6.07) is 13.8. The van der Waals surface area contributed by atoms with Crippen molar-refractivity contribution in [1.29, 1.82) is 0 Å². The summed E-state index contributed by atoms with van der Waals surface area (Å²) >= 11 is 5.80. The van der Waals surface area contributed by atoms with Crippen LogP contribution in [0.25, 0.3) is 0 Å². The van der Waals surface area contributed by atoms with E-state index in [1.54, 1.807) is 43.4 Å². The molecular weight excluding hydrogens is 300 g/mol. The van der Waals surface area contributed by atoms with E-state index in [-0.39, 0.29) is 6.61 Å². The lowest BCUT2D eigenvalue weighted by atomic mass is 10.2. The zero-order valence-corrected chi connectivity index (χ0v) is 12.8. The molecule has 0 aromatic heterocycles. The fourth-order valence-corrected chi connectivity index (χ4v) is 1.81. The highest BCUT2D eigenvalue weighted by Gasteiger charge is 2.05. The number of rotatable bonds is 3. The Balaban J connectivity index is 1.90. The average Bonchev–Trinajstić information content (AvgIpc) is 2.53. The van der Waals surface area contributed by atoms with Crippen molar-refractivity contribution in [3.05, 3.63) is 59.1 Å². The fourth-order valence-electron chi connectivity index (χ4n) is 1.68. The van der Waals surface area contributed by atoms with Gasteiger partial charge in [-0.2, -0.15) is 0 Å². The molecule has 0 saturated heterocycles. The number of primary amides is 1. The SMILES string of the molecule is CN(C(N)=O)c1ccc(OCC#Cc2ccc(Cl)cc2)cc1. The van der Waals surface area contributed by atoms with Gasteiger partial charge in [0.2, 0.25) is 0 Å². The minimum atomic E-state index is -0.512. The summed E-state index contributed by atoms with van der Waals surface area (Å²) in [6.07, 6.45) is 0. The van der Waals surface area contributed by atoms with Crippen molar-refractivity contribution in [1.82, 2.24) is 0 Å². The van der Waals surface area contributed by atoms with E-state index >= 15 is 0 Å². The van der Waals surface area contributed by atoms with Crippen molar-refractivity contribution in [2.45, 2.75) is 0 Å². The van der Waals surface area contributed by atoms with E-state index in [4.69, 9.17) is 22.1 Å². The Labute approximate surface area is 134 Å². The summed E-state index contributed by atoms with van der Waals surface area (Å²) in [7, 11) is 1.61. The van der Waals surface area contributed by atoms with E-state index in [2.05, 4.69) is 11.8 Å². The van der Waals surface area contributed by atoms with Gasteiger partial charge < -0.3 is 10.5 Å². The van der Waals surface area contributed by atoms with Gasteiger partial charge in [0, 0.05) is 23.3 Å². The van der Waals surface area contributed by atoms with Gasteiger partial charge in [-0.25, -0.2) is 4.79 Å². The van der Waals surface area contributed by atoms with Crippen LogP contribution < -0.4 is 15.4 Å².